The first kappa shape index (κ1) is 18.8. The third-order valence-corrected chi connectivity index (χ3v) is 3.88. The molecule has 0 aliphatic carbocycles. The van der Waals surface area contributed by atoms with Gasteiger partial charge in [0.05, 0.1) is 19.3 Å². The van der Waals surface area contributed by atoms with Gasteiger partial charge in [-0.2, -0.15) is 0 Å². The summed E-state index contributed by atoms with van der Waals surface area (Å²) in [6.07, 6.45) is 4.90. The van der Waals surface area contributed by atoms with Crippen LogP contribution in [0.5, 0.6) is 5.75 Å². The van der Waals surface area contributed by atoms with Gasteiger partial charge in [-0.3, -0.25) is 9.98 Å². The summed E-state index contributed by atoms with van der Waals surface area (Å²) in [4.78, 5) is 21.7. The maximum absolute atomic E-state index is 11.7. The molecular formula is C17H27N5O3. The first-order valence-corrected chi connectivity index (χ1v) is 8.64. The van der Waals surface area contributed by atoms with E-state index in [0.29, 0.717) is 32.8 Å². The maximum atomic E-state index is 11.7. The van der Waals surface area contributed by atoms with Crippen molar-refractivity contribution < 1.29 is 14.3 Å². The first-order valence-electron chi connectivity index (χ1n) is 8.64. The number of amides is 1. The summed E-state index contributed by atoms with van der Waals surface area (Å²) in [6, 6.07) is 4.00. The second-order valence-corrected chi connectivity index (χ2v) is 5.64. The molecule has 1 aromatic heterocycles. The van der Waals surface area contributed by atoms with Crippen LogP contribution in [0.4, 0.5) is 4.79 Å². The van der Waals surface area contributed by atoms with Crippen LogP contribution in [0.15, 0.2) is 29.5 Å². The van der Waals surface area contributed by atoms with Gasteiger partial charge in [-0.1, -0.05) is 0 Å². The van der Waals surface area contributed by atoms with E-state index in [1.165, 1.54) is 0 Å². The summed E-state index contributed by atoms with van der Waals surface area (Å²) in [7, 11) is 1.74. The molecule has 0 spiro atoms. The van der Waals surface area contributed by atoms with Crippen LogP contribution in [0.25, 0.3) is 0 Å². The zero-order valence-electron chi connectivity index (χ0n) is 14.9. The smallest absolute Gasteiger partial charge is 0.409 e. The minimum Gasteiger partial charge on any atom is -0.490 e. The van der Waals surface area contributed by atoms with Gasteiger partial charge >= 0.3 is 6.09 Å². The van der Waals surface area contributed by atoms with Crippen LogP contribution < -0.4 is 15.4 Å². The second kappa shape index (κ2) is 10.4. The van der Waals surface area contributed by atoms with E-state index >= 15 is 0 Å². The molecule has 1 aliphatic heterocycles. The molecule has 0 saturated carbocycles. The monoisotopic (exact) mass is 349 g/mol. The van der Waals surface area contributed by atoms with E-state index in [9.17, 15) is 4.79 Å². The molecule has 8 heteroatoms. The van der Waals surface area contributed by atoms with Crippen molar-refractivity contribution in [3.63, 3.8) is 0 Å². The highest BCUT2D eigenvalue weighted by Gasteiger charge is 2.23. The lowest BCUT2D eigenvalue weighted by atomic mass is 10.1. The normalized spacial score (nSPS) is 15.6. The molecular weight excluding hydrogens is 322 g/mol. The fourth-order valence-electron chi connectivity index (χ4n) is 2.58. The molecule has 25 heavy (non-hydrogen) atoms. The van der Waals surface area contributed by atoms with Crippen LogP contribution in [-0.2, 0) is 4.74 Å². The van der Waals surface area contributed by atoms with Crippen LogP contribution in [0.1, 0.15) is 19.8 Å². The molecule has 2 heterocycles. The van der Waals surface area contributed by atoms with Crippen LogP contribution in [0, 0.1) is 0 Å². The molecule has 2 rings (SSSR count). The van der Waals surface area contributed by atoms with Gasteiger partial charge in [0.15, 0.2) is 5.96 Å². The molecule has 0 radical (unpaired) electrons. The number of likely N-dealkylation sites (tertiary alicyclic amines) is 1. The Morgan fingerprint density at radius 2 is 2.24 bits per heavy atom. The number of nitrogens with zero attached hydrogens (tertiary/aromatic N) is 3. The number of nitrogens with one attached hydrogen (secondary N) is 2. The van der Waals surface area contributed by atoms with Crippen molar-refractivity contribution in [1.29, 1.82) is 0 Å². The SMILES string of the molecule is CCOC(=O)N1CCC(NC(=NC)NCCOc2cccnc2)CC1. The van der Waals surface area contributed by atoms with E-state index in [4.69, 9.17) is 9.47 Å². The Bertz CT molecular complexity index is 544. The predicted molar refractivity (Wildman–Crippen MR) is 95.8 cm³/mol. The lowest BCUT2D eigenvalue weighted by molar-refractivity contribution is 0.0963. The average Bonchev–Trinajstić information content (AvgIpc) is 2.65. The highest BCUT2D eigenvalue weighted by Crippen LogP contribution is 2.11. The van der Waals surface area contributed by atoms with E-state index in [2.05, 4.69) is 20.6 Å². The van der Waals surface area contributed by atoms with Crippen molar-refractivity contribution in [2.24, 2.45) is 4.99 Å². The first-order chi connectivity index (χ1) is 12.2. The summed E-state index contributed by atoms with van der Waals surface area (Å²) in [5.41, 5.74) is 0. The van der Waals surface area contributed by atoms with Gasteiger partial charge in [0.2, 0.25) is 0 Å². The Labute approximate surface area is 148 Å². The summed E-state index contributed by atoms with van der Waals surface area (Å²) in [6.45, 7) is 4.77. The Morgan fingerprint density at radius 3 is 2.88 bits per heavy atom. The highest BCUT2D eigenvalue weighted by molar-refractivity contribution is 5.80. The zero-order valence-corrected chi connectivity index (χ0v) is 14.9. The fraction of sp³-hybridized carbons (Fsp3) is 0.588. The van der Waals surface area contributed by atoms with Crippen molar-refractivity contribution in [3.05, 3.63) is 24.5 Å². The van der Waals surface area contributed by atoms with E-state index in [1.54, 1.807) is 24.3 Å². The number of hydrogen-bond donors (Lipinski definition) is 2. The molecule has 1 aliphatic rings. The Hall–Kier alpha value is -2.51. The summed E-state index contributed by atoms with van der Waals surface area (Å²) >= 11 is 0. The van der Waals surface area contributed by atoms with Gasteiger partial charge in [-0.05, 0) is 31.9 Å². The molecule has 8 nitrogen and oxygen atoms in total. The summed E-state index contributed by atoms with van der Waals surface area (Å²) < 4.78 is 10.6. The molecule has 1 aromatic rings. The van der Waals surface area contributed by atoms with Crippen LogP contribution in [-0.4, -0.2) is 67.9 Å². The minimum absolute atomic E-state index is 0.226. The number of guanidine groups is 1. The number of ether oxygens (including phenoxy) is 2. The van der Waals surface area contributed by atoms with Crippen molar-refractivity contribution in [1.82, 2.24) is 20.5 Å². The van der Waals surface area contributed by atoms with E-state index in [-0.39, 0.29) is 12.1 Å². The van der Waals surface area contributed by atoms with Crippen molar-refractivity contribution >= 4 is 12.1 Å². The van der Waals surface area contributed by atoms with E-state index in [0.717, 1.165) is 24.6 Å². The number of pyridine rings is 1. The lowest BCUT2D eigenvalue weighted by Crippen LogP contribution is -2.50. The van der Waals surface area contributed by atoms with Crippen LogP contribution in [0.3, 0.4) is 0 Å². The van der Waals surface area contributed by atoms with E-state index in [1.807, 2.05) is 19.1 Å². The molecule has 0 aromatic carbocycles. The van der Waals surface area contributed by atoms with Crippen molar-refractivity contribution in [2.45, 2.75) is 25.8 Å². The molecule has 1 fully saturated rings. The maximum Gasteiger partial charge on any atom is 0.409 e. The highest BCUT2D eigenvalue weighted by atomic mass is 16.6. The van der Waals surface area contributed by atoms with Gasteiger partial charge in [-0.15, -0.1) is 0 Å². The fourth-order valence-corrected chi connectivity index (χ4v) is 2.58. The average molecular weight is 349 g/mol. The third kappa shape index (κ3) is 6.48. The standard InChI is InChI=1S/C17H27N5O3/c1-3-24-17(23)22-10-6-14(7-11-22)21-16(18-2)20-9-12-25-15-5-4-8-19-13-15/h4-5,8,13-14H,3,6-7,9-12H2,1-2H3,(H2,18,20,21). The van der Waals surface area contributed by atoms with Gasteiger partial charge in [0.25, 0.3) is 0 Å². The van der Waals surface area contributed by atoms with E-state index < -0.39 is 0 Å². The Morgan fingerprint density at radius 1 is 1.44 bits per heavy atom. The minimum atomic E-state index is -0.226. The number of aromatic nitrogens is 1. The Balaban J connectivity index is 1.64. The van der Waals surface area contributed by atoms with Gasteiger partial charge in [0.1, 0.15) is 12.4 Å². The van der Waals surface area contributed by atoms with Crippen molar-refractivity contribution in [2.75, 3.05) is 39.9 Å². The molecule has 138 valence electrons. The zero-order chi connectivity index (χ0) is 17.9. The predicted octanol–water partition coefficient (Wildman–Crippen LogP) is 1.25. The molecule has 1 saturated heterocycles. The number of rotatable bonds is 6. The molecule has 1 amide bonds. The topological polar surface area (TPSA) is 88.1 Å². The molecule has 2 N–H and O–H groups in total. The summed E-state index contributed by atoms with van der Waals surface area (Å²) in [5.74, 6) is 1.49. The van der Waals surface area contributed by atoms with Crippen LogP contribution in [0.2, 0.25) is 0 Å². The quantitative estimate of drug-likeness (QED) is 0.456. The second-order valence-electron chi connectivity index (χ2n) is 5.64. The molecule has 0 unspecified atom stereocenters. The van der Waals surface area contributed by atoms with Gasteiger partial charge < -0.3 is 25.0 Å². The number of hydrogen-bond acceptors (Lipinski definition) is 5. The van der Waals surface area contributed by atoms with Crippen LogP contribution >= 0.6 is 0 Å². The lowest BCUT2D eigenvalue weighted by Gasteiger charge is -2.32. The summed E-state index contributed by atoms with van der Waals surface area (Å²) in [5, 5.41) is 6.62. The number of carbonyl (C=O) groups excluding carboxylic acids is 1. The van der Waals surface area contributed by atoms with Gasteiger partial charge in [0, 0.05) is 32.4 Å². The number of aliphatic imine (C=N–C) groups is 1. The molecule has 0 bridgehead atoms. The largest absolute Gasteiger partial charge is 0.490 e. The molecule has 0 atom stereocenters. The van der Waals surface area contributed by atoms with Crippen molar-refractivity contribution in [3.8, 4) is 5.75 Å². The number of carbonyl (C=O) groups is 1. The van der Waals surface area contributed by atoms with Gasteiger partial charge in [-0.25, -0.2) is 4.79 Å². The Kier molecular flexibility index (Phi) is 7.81. The third-order valence-electron chi connectivity index (χ3n) is 3.88. The number of piperidine rings is 1.